The van der Waals surface area contributed by atoms with Gasteiger partial charge in [0.2, 0.25) is 6.41 Å². The highest BCUT2D eigenvalue weighted by atomic mass is 32.1. The second kappa shape index (κ2) is 7.51. The number of anilines is 2. The number of benzene rings is 2. The third kappa shape index (κ3) is 3.63. The zero-order valence-electron chi connectivity index (χ0n) is 14.3. The Morgan fingerprint density at radius 1 is 1.04 bits per heavy atom. The molecule has 0 aliphatic carbocycles. The number of amides is 3. The second-order valence-corrected chi connectivity index (χ2v) is 6.61. The highest BCUT2D eigenvalue weighted by Gasteiger charge is 2.18. The molecule has 3 aromatic rings. The summed E-state index contributed by atoms with van der Waals surface area (Å²) in [5, 5.41) is 6.71. The summed E-state index contributed by atoms with van der Waals surface area (Å²) in [6.07, 6.45) is 0.500. The smallest absolute Gasteiger partial charge is 0.332 e. The fourth-order valence-electron chi connectivity index (χ4n) is 2.79. The van der Waals surface area contributed by atoms with Crippen molar-refractivity contribution in [1.82, 2.24) is 0 Å². The fraction of sp³-hybridized carbons (Fsp3) is 0.100. The number of urea groups is 1. The van der Waals surface area contributed by atoms with Crippen LogP contribution in [-0.4, -0.2) is 25.7 Å². The average Bonchev–Trinajstić information content (AvgIpc) is 3.24. The van der Waals surface area contributed by atoms with Gasteiger partial charge >= 0.3 is 6.03 Å². The van der Waals surface area contributed by atoms with Gasteiger partial charge in [-0.3, -0.25) is 4.79 Å². The molecular weight excluding hydrogens is 364 g/mol. The minimum Gasteiger partial charge on any atom is -0.486 e. The molecule has 1 N–H and O–H groups in total. The highest BCUT2D eigenvalue weighted by Crippen LogP contribution is 2.33. The number of rotatable bonds is 4. The SMILES string of the molecule is O=CN(C(=O)Nc1ccc2c(c1)OCCO2)c1cccc(-c2ccsc2)c1. The van der Waals surface area contributed by atoms with Crippen LogP contribution in [0.3, 0.4) is 0 Å². The first-order valence-electron chi connectivity index (χ1n) is 8.32. The van der Waals surface area contributed by atoms with E-state index in [4.69, 9.17) is 9.47 Å². The fourth-order valence-corrected chi connectivity index (χ4v) is 3.46. The summed E-state index contributed by atoms with van der Waals surface area (Å²) in [7, 11) is 0. The van der Waals surface area contributed by atoms with Gasteiger partial charge in [0, 0.05) is 11.8 Å². The summed E-state index contributed by atoms with van der Waals surface area (Å²) in [6.45, 7) is 0.957. The molecule has 0 unspecified atom stereocenters. The number of carbonyl (C=O) groups is 2. The molecule has 0 saturated heterocycles. The van der Waals surface area contributed by atoms with Crippen molar-refractivity contribution in [3.05, 3.63) is 59.3 Å². The highest BCUT2D eigenvalue weighted by molar-refractivity contribution is 7.08. The van der Waals surface area contributed by atoms with Crippen LogP contribution in [0.5, 0.6) is 11.5 Å². The van der Waals surface area contributed by atoms with Gasteiger partial charge in [-0.15, -0.1) is 0 Å². The van der Waals surface area contributed by atoms with Crippen molar-refractivity contribution in [2.24, 2.45) is 0 Å². The molecule has 136 valence electrons. The van der Waals surface area contributed by atoms with Gasteiger partial charge < -0.3 is 14.8 Å². The number of imide groups is 1. The quantitative estimate of drug-likeness (QED) is 0.682. The monoisotopic (exact) mass is 380 g/mol. The van der Waals surface area contributed by atoms with Crippen molar-refractivity contribution in [1.29, 1.82) is 0 Å². The maximum atomic E-state index is 12.6. The van der Waals surface area contributed by atoms with E-state index in [0.29, 0.717) is 42.5 Å². The Kier molecular flexibility index (Phi) is 4.76. The van der Waals surface area contributed by atoms with Crippen LogP contribution in [0.15, 0.2) is 59.3 Å². The number of ether oxygens (including phenoxy) is 2. The normalized spacial score (nSPS) is 12.3. The summed E-state index contributed by atoms with van der Waals surface area (Å²) in [5.41, 5.74) is 2.99. The van der Waals surface area contributed by atoms with E-state index >= 15 is 0 Å². The molecule has 0 fully saturated rings. The summed E-state index contributed by atoms with van der Waals surface area (Å²) in [4.78, 5) is 25.2. The minimum atomic E-state index is -0.552. The van der Waals surface area contributed by atoms with E-state index in [1.165, 1.54) is 0 Å². The Hall–Kier alpha value is -3.32. The lowest BCUT2D eigenvalue weighted by molar-refractivity contribution is -0.106. The Morgan fingerprint density at radius 2 is 1.89 bits per heavy atom. The van der Waals surface area contributed by atoms with Gasteiger partial charge in [0.05, 0.1) is 5.69 Å². The van der Waals surface area contributed by atoms with Gasteiger partial charge in [0.25, 0.3) is 0 Å². The Labute approximate surface area is 159 Å². The molecule has 7 heteroatoms. The predicted molar refractivity (Wildman–Crippen MR) is 105 cm³/mol. The lowest BCUT2D eigenvalue weighted by Crippen LogP contribution is -2.33. The van der Waals surface area contributed by atoms with E-state index in [-0.39, 0.29) is 0 Å². The molecule has 3 amide bonds. The van der Waals surface area contributed by atoms with Crippen LogP contribution in [0, 0.1) is 0 Å². The standard InChI is InChI=1S/C20H16N2O4S/c23-13-22(17-3-1-2-14(10-17)15-6-9-27-12-15)20(24)21-16-4-5-18-19(11-16)26-8-7-25-18/h1-6,9-13H,7-8H2,(H,21,24). The maximum Gasteiger partial charge on any atom is 0.332 e. The Bertz CT molecular complexity index is 972. The van der Waals surface area contributed by atoms with Crippen molar-refractivity contribution in [2.45, 2.75) is 0 Å². The lowest BCUT2D eigenvalue weighted by Gasteiger charge is -2.20. The predicted octanol–water partition coefficient (Wildman–Crippen LogP) is 4.38. The first-order chi connectivity index (χ1) is 13.2. The minimum absolute atomic E-state index is 0.459. The van der Waals surface area contributed by atoms with Gasteiger partial charge in [-0.2, -0.15) is 11.3 Å². The zero-order valence-corrected chi connectivity index (χ0v) is 15.1. The molecule has 2 heterocycles. The maximum absolute atomic E-state index is 12.6. The van der Waals surface area contributed by atoms with Gasteiger partial charge in [0.15, 0.2) is 11.5 Å². The van der Waals surface area contributed by atoms with Gasteiger partial charge in [0.1, 0.15) is 13.2 Å². The van der Waals surface area contributed by atoms with Crippen LogP contribution in [0.25, 0.3) is 11.1 Å². The van der Waals surface area contributed by atoms with Gasteiger partial charge in [-0.25, -0.2) is 9.69 Å². The molecule has 0 radical (unpaired) electrons. The van der Waals surface area contributed by atoms with E-state index in [0.717, 1.165) is 16.0 Å². The molecule has 4 rings (SSSR count). The number of nitrogens with one attached hydrogen (secondary N) is 1. The summed E-state index contributed by atoms with van der Waals surface area (Å²) >= 11 is 1.59. The number of fused-ring (bicyclic) bond motifs is 1. The van der Waals surface area contributed by atoms with Crippen LogP contribution in [0.4, 0.5) is 16.2 Å². The van der Waals surface area contributed by atoms with Crippen LogP contribution in [0.2, 0.25) is 0 Å². The summed E-state index contributed by atoms with van der Waals surface area (Å²) in [5.74, 6) is 1.20. The molecule has 2 aromatic carbocycles. The van der Waals surface area contributed by atoms with E-state index in [2.05, 4.69) is 5.32 Å². The Morgan fingerprint density at radius 3 is 2.67 bits per heavy atom. The van der Waals surface area contributed by atoms with Crippen molar-refractivity contribution in [2.75, 3.05) is 23.4 Å². The summed E-state index contributed by atoms with van der Waals surface area (Å²) < 4.78 is 11.0. The molecule has 0 spiro atoms. The van der Waals surface area contributed by atoms with E-state index < -0.39 is 6.03 Å². The van der Waals surface area contributed by atoms with E-state index in [1.54, 1.807) is 41.7 Å². The van der Waals surface area contributed by atoms with Crippen molar-refractivity contribution in [3.8, 4) is 22.6 Å². The van der Waals surface area contributed by atoms with E-state index in [1.807, 2.05) is 29.0 Å². The topological polar surface area (TPSA) is 67.9 Å². The van der Waals surface area contributed by atoms with Gasteiger partial charge in [-0.05, 0) is 52.2 Å². The van der Waals surface area contributed by atoms with Gasteiger partial charge in [-0.1, -0.05) is 12.1 Å². The number of nitrogens with zero attached hydrogens (tertiary/aromatic N) is 1. The van der Waals surface area contributed by atoms with Crippen LogP contribution in [-0.2, 0) is 4.79 Å². The largest absolute Gasteiger partial charge is 0.486 e. The van der Waals surface area contributed by atoms with Crippen molar-refractivity contribution in [3.63, 3.8) is 0 Å². The lowest BCUT2D eigenvalue weighted by atomic mass is 10.1. The molecule has 6 nitrogen and oxygen atoms in total. The van der Waals surface area contributed by atoms with Crippen molar-refractivity contribution < 1.29 is 19.1 Å². The first kappa shape index (κ1) is 17.1. The molecule has 1 aliphatic heterocycles. The summed E-state index contributed by atoms with van der Waals surface area (Å²) in [6, 6.07) is 13.8. The third-order valence-electron chi connectivity index (χ3n) is 4.10. The molecule has 1 aromatic heterocycles. The molecular formula is C20H16N2O4S. The number of hydrogen-bond acceptors (Lipinski definition) is 5. The zero-order chi connectivity index (χ0) is 18.6. The van der Waals surface area contributed by atoms with E-state index in [9.17, 15) is 9.59 Å². The second-order valence-electron chi connectivity index (χ2n) is 5.83. The number of thiophene rings is 1. The van der Waals surface area contributed by atoms with Crippen LogP contribution < -0.4 is 19.7 Å². The molecule has 0 atom stereocenters. The molecule has 1 aliphatic rings. The number of carbonyl (C=O) groups excluding carboxylic acids is 2. The molecule has 0 bridgehead atoms. The molecule has 27 heavy (non-hydrogen) atoms. The average molecular weight is 380 g/mol. The van der Waals surface area contributed by atoms with Crippen LogP contribution in [0.1, 0.15) is 0 Å². The molecule has 0 saturated carbocycles. The van der Waals surface area contributed by atoms with Crippen LogP contribution >= 0.6 is 11.3 Å². The Balaban J connectivity index is 1.55. The third-order valence-corrected chi connectivity index (χ3v) is 4.78. The van der Waals surface area contributed by atoms with Crippen molar-refractivity contribution >= 4 is 35.2 Å². The number of hydrogen-bond donors (Lipinski definition) is 1. The first-order valence-corrected chi connectivity index (χ1v) is 9.27.